The molecular weight excluding hydrogens is 849 g/mol. The summed E-state index contributed by atoms with van der Waals surface area (Å²) in [5.41, 5.74) is 3.21. The Morgan fingerprint density at radius 1 is 0.677 bits per heavy atom. The first-order chi connectivity index (χ1) is 30.0. The molecule has 0 radical (unpaired) electrons. The second-order valence-electron chi connectivity index (χ2n) is 10.1. The molecule has 1 N–H and O–H groups in total. The summed E-state index contributed by atoms with van der Waals surface area (Å²) in [5, 5.41) is 15.8. The molecular formula is C43H51MnN5O13. The van der Waals surface area contributed by atoms with Gasteiger partial charge >= 0.3 is 34.4 Å². The molecule has 0 aliphatic carbocycles. The fraction of sp³-hybridized carbons (Fsp3) is 0.233. The van der Waals surface area contributed by atoms with E-state index in [1.807, 2.05) is 18.2 Å². The van der Waals surface area contributed by atoms with Crippen molar-refractivity contribution in [3.63, 3.8) is 0 Å². The van der Waals surface area contributed by atoms with Crippen LogP contribution in [0.3, 0.4) is 0 Å². The summed E-state index contributed by atoms with van der Waals surface area (Å²) in [6.07, 6.45) is 18.6. The van der Waals surface area contributed by atoms with Crippen LogP contribution in [0.5, 0.6) is 23.5 Å². The summed E-state index contributed by atoms with van der Waals surface area (Å²) in [6, 6.07) is 15.8. The Bertz CT molecular complexity index is 1960. The number of carbonyl (C=O) groups excluding carboxylic acids is 4. The van der Waals surface area contributed by atoms with Crippen LogP contribution in [0.15, 0.2) is 104 Å². The van der Waals surface area contributed by atoms with Crippen molar-refractivity contribution in [2.75, 3.05) is 48.3 Å². The number of carbonyl (C=O) groups is 4. The van der Waals surface area contributed by atoms with Crippen LogP contribution < -0.4 is 18.9 Å². The monoisotopic (exact) mass is 900 g/mol. The number of aliphatic hydroxyl groups excluding tert-OH is 1. The third-order valence-electron chi connectivity index (χ3n) is 5.94. The number of methoxy groups -OCH3 is 4. The predicted octanol–water partition coefficient (Wildman–Crippen LogP) is 5.99. The van der Waals surface area contributed by atoms with Gasteiger partial charge in [0.05, 0.1) is 54.3 Å². The van der Waals surface area contributed by atoms with Gasteiger partial charge in [0, 0.05) is 73.7 Å². The van der Waals surface area contributed by atoms with E-state index in [-0.39, 0.29) is 18.5 Å². The first-order valence-corrected chi connectivity index (χ1v) is 18.6. The van der Waals surface area contributed by atoms with Crippen LogP contribution in [0.4, 0.5) is 0 Å². The van der Waals surface area contributed by atoms with Crippen molar-refractivity contribution in [2.45, 2.75) is 20.8 Å². The molecule has 0 saturated heterocycles. The zero-order valence-electron chi connectivity index (χ0n) is 35.4. The quantitative estimate of drug-likeness (QED) is 0.0660. The Balaban J connectivity index is -0.000000689. The van der Waals surface area contributed by atoms with Crippen molar-refractivity contribution in [3.05, 3.63) is 126 Å². The van der Waals surface area contributed by atoms with Crippen LogP contribution in [0.2, 0.25) is 0 Å². The standard InChI is InChI=1S/C11H13NO3.C9H11NO2.C9H9NO2.C7H7NO2.C5H8O2.C2H3N.Mn.2O/c1-3-15-11(13)7-5-9-4-6-10(14-2)12-8-9;2*1-12-9-5-4-8(7-10-9)3-2-6-11;1-10-7-3-2-6(5-9)4-8-7;1-3-5(6)7-4-2;1-2-3;;;/h4-8H,3H2,1-2H3;2-5,7,11H,6H2,1H3;2-7H,1H3;2-5H,1H3;3H,1,4H2,2H3;1H3;;;/b7-5+;2*3-2+;;;;;;. The van der Waals surface area contributed by atoms with Gasteiger partial charge in [-0.1, -0.05) is 24.8 Å². The molecule has 0 fully saturated rings. The Kier molecular flexibility index (Phi) is 41.1. The number of aldehydes is 2. The number of nitriles is 1. The topological polar surface area (TPSA) is 253 Å². The van der Waals surface area contributed by atoms with Gasteiger partial charge in [0.2, 0.25) is 23.5 Å². The molecule has 4 rings (SSSR count). The maximum absolute atomic E-state index is 11.0. The van der Waals surface area contributed by atoms with E-state index in [4.69, 9.17) is 41.7 Å². The average molecular weight is 901 g/mol. The second kappa shape index (κ2) is 43.2. The number of hydrogen-bond donors (Lipinski definition) is 1. The van der Waals surface area contributed by atoms with Crippen LogP contribution in [-0.2, 0) is 46.3 Å². The maximum atomic E-state index is 11.0. The minimum atomic E-state index is -1.44. The molecule has 0 aliphatic rings. The second-order valence-corrected chi connectivity index (χ2v) is 10.3. The molecule has 4 aromatic heterocycles. The van der Waals surface area contributed by atoms with Crippen LogP contribution in [0.25, 0.3) is 18.2 Å². The van der Waals surface area contributed by atoms with Crippen molar-refractivity contribution < 1.29 is 75.2 Å². The van der Waals surface area contributed by atoms with Gasteiger partial charge in [0.15, 0.2) is 6.29 Å². The van der Waals surface area contributed by atoms with E-state index >= 15 is 0 Å². The molecule has 0 saturated carbocycles. The van der Waals surface area contributed by atoms with Crippen molar-refractivity contribution >= 4 is 42.7 Å². The summed E-state index contributed by atoms with van der Waals surface area (Å²) in [6.45, 7) is 9.00. The van der Waals surface area contributed by atoms with E-state index in [9.17, 15) is 19.2 Å². The number of hydrogen-bond acceptors (Lipinski definition) is 18. The van der Waals surface area contributed by atoms with Gasteiger partial charge in [0.25, 0.3) is 0 Å². The van der Waals surface area contributed by atoms with Crippen LogP contribution in [0.1, 0.15) is 47.8 Å². The number of aromatic nitrogens is 4. The van der Waals surface area contributed by atoms with E-state index < -0.39 is 14.8 Å². The molecule has 333 valence electrons. The molecule has 18 nitrogen and oxygen atoms in total. The molecule has 0 bridgehead atoms. The molecule has 4 aromatic rings. The summed E-state index contributed by atoms with van der Waals surface area (Å²) < 4.78 is 45.4. The fourth-order valence-corrected chi connectivity index (χ4v) is 3.31. The molecule has 0 spiro atoms. The van der Waals surface area contributed by atoms with E-state index in [1.54, 1.807) is 114 Å². The number of rotatable bonds is 14. The molecule has 0 atom stereocenters. The summed E-state index contributed by atoms with van der Waals surface area (Å²) >= 11 is -1.44. The fourth-order valence-electron chi connectivity index (χ4n) is 3.31. The Morgan fingerprint density at radius 3 is 1.31 bits per heavy atom. The number of esters is 2. The van der Waals surface area contributed by atoms with Gasteiger partial charge in [-0.2, -0.15) is 5.26 Å². The first kappa shape index (κ1) is 58.9. The van der Waals surface area contributed by atoms with E-state index in [2.05, 4.69) is 31.3 Å². The molecule has 0 amide bonds. The van der Waals surface area contributed by atoms with Crippen molar-refractivity contribution in [3.8, 4) is 29.6 Å². The molecule has 0 unspecified atom stereocenters. The molecule has 19 heteroatoms. The molecule has 0 aromatic carbocycles. The number of aliphatic hydroxyl groups is 1. The van der Waals surface area contributed by atoms with E-state index in [0.717, 1.165) is 35.3 Å². The SMILES string of the molecule is C=CC(=O)OCC.CC#N.CCOC(=O)/C=C/c1ccc(OC)nc1.COc1ccc(/C=C/C=O)cn1.COc1ccc(/C=C/CO)cn1.COc1ccc(C=O)cn1.[O]=[Mn]=[O]. The zero-order valence-corrected chi connectivity index (χ0v) is 36.6. The molecule has 4 heterocycles. The van der Waals surface area contributed by atoms with E-state index in [1.165, 1.54) is 32.4 Å². The number of ether oxygens (including phenoxy) is 6. The van der Waals surface area contributed by atoms with Gasteiger partial charge in [-0.15, -0.1) is 0 Å². The average Bonchev–Trinajstić information content (AvgIpc) is 3.31. The van der Waals surface area contributed by atoms with Crippen molar-refractivity contribution in [1.82, 2.24) is 19.9 Å². The Hall–Kier alpha value is -7.39. The third kappa shape index (κ3) is 34.6. The van der Waals surface area contributed by atoms with E-state index in [0.29, 0.717) is 42.3 Å². The van der Waals surface area contributed by atoms with Gasteiger partial charge in [0.1, 0.15) is 6.29 Å². The Morgan fingerprint density at radius 2 is 1.03 bits per heavy atom. The van der Waals surface area contributed by atoms with Gasteiger partial charge < -0.3 is 33.5 Å². The normalized spacial score (nSPS) is 9.08. The summed E-state index contributed by atoms with van der Waals surface area (Å²) in [4.78, 5) is 56.9. The molecule has 0 aliphatic heterocycles. The number of allylic oxidation sites excluding steroid dienone is 1. The third-order valence-corrected chi connectivity index (χ3v) is 5.94. The minimum absolute atomic E-state index is 0.0476. The van der Waals surface area contributed by atoms with Gasteiger partial charge in [-0.05, 0) is 67.0 Å². The Labute approximate surface area is 367 Å². The van der Waals surface area contributed by atoms with Crippen LogP contribution >= 0.6 is 0 Å². The van der Waals surface area contributed by atoms with Crippen LogP contribution in [0, 0.1) is 11.3 Å². The van der Waals surface area contributed by atoms with Crippen molar-refractivity contribution in [1.29, 1.82) is 5.26 Å². The molecule has 62 heavy (non-hydrogen) atoms. The first-order valence-electron chi connectivity index (χ1n) is 17.7. The summed E-state index contributed by atoms with van der Waals surface area (Å²) in [7, 11) is 6.22. The van der Waals surface area contributed by atoms with Gasteiger partial charge in [-0.3, -0.25) is 9.59 Å². The van der Waals surface area contributed by atoms with Crippen molar-refractivity contribution in [2.24, 2.45) is 0 Å². The zero-order chi connectivity index (χ0) is 47.2. The number of pyridine rings is 4. The van der Waals surface area contributed by atoms with Crippen LogP contribution in [-0.4, -0.2) is 97.8 Å². The number of nitrogens with zero attached hydrogens (tertiary/aromatic N) is 5. The van der Waals surface area contributed by atoms with Gasteiger partial charge in [-0.25, -0.2) is 29.5 Å². The summed E-state index contributed by atoms with van der Waals surface area (Å²) in [5.74, 6) is 1.51. The predicted molar refractivity (Wildman–Crippen MR) is 225 cm³/mol.